The predicted molar refractivity (Wildman–Crippen MR) is 124 cm³/mol. The Bertz CT molecular complexity index is 865. The van der Waals surface area contributed by atoms with E-state index in [1.165, 1.54) is 16.7 Å². The van der Waals surface area contributed by atoms with Gasteiger partial charge in [-0.3, -0.25) is 4.90 Å². The summed E-state index contributed by atoms with van der Waals surface area (Å²) in [6, 6.07) is 29.3. The van der Waals surface area contributed by atoms with Crippen LogP contribution in [0.25, 0.3) is 0 Å². The van der Waals surface area contributed by atoms with Gasteiger partial charge in [0.1, 0.15) is 6.10 Å². The monoisotopic (exact) mass is 400 g/mol. The minimum absolute atomic E-state index is 0.0236. The molecule has 1 fully saturated rings. The summed E-state index contributed by atoms with van der Waals surface area (Å²) < 4.78 is 6.70. The quantitative estimate of drug-likeness (QED) is 0.519. The molecule has 3 nitrogen and oxygen atoms in total. The van der Waals surface area contributed by atoms with E-state index in [0.29, 0.717) is 5.92 Å². The molecule has 3 heteroatoms. The fourth-order valence-corrected chi connectivity index (χ4v) is 4.43. The number of likely N-dealkylation sites (tertiary alicyclic amines) is 1. The SMILES string of the molecule is CC(OC(c1ccccc1)c1ccccc1)C1CCN(Cc2ccccc2N)CC1. The van der Waals surface area contributed by atoms with Crippen molar-refractivity contribution in [2.45, 2.75) is 38.5 Å². The third-order valence-electron chi connectivity index (χ3n) is 6.30. The fourth-order valence-electron chi connectivity index (χ4n) is 4.43. The number of nitrogen functional groups attached to an aromatic ring is 1. The van der Waals surface area contributed by atoms with Crippen LogP contribution in [0.3, 0.4) is 0 Å². The number of nitrogens with zero attached hydrogens (tertiary/aromatic N) is 1. The zero-order valence-electron chi connectivity index (χ0n) is 17.8. The second-order valence-corrected chi connectivity index (χ2v) is 8.35. The van der Waals surface area contributed by atoms with Gasteiger partial charge in [-0.15, -0.1) is 0 Å². The van der Waals surface area contributed by atoms with Gasteiger partial charge < -0.3 is 10.5 Å². The molecule has 1 unspecified atom stereocenters. The molecule has 1 heterocycles. The number of benzene rings is 3. The molecule has 1 aliphatic rings. The third-order valence-corrected chi connectivity index (χ3v) is 6.30. The average molecular weight is 401 g/mol. The molecule has 1 atom stereocenters. The number of nitrogens with two attached hydrogens (primary N) is 1. The van der Waals surface area contributed by atoms with Gasteiger partial charge in [-0.05, 0) is 61.5 Å². The van der Waals surface area contributed by atoms with Crippen LogP contribution in [0.5, 0.6) is 0 Å². The summed E-state index contributed by atoms with van der Waals surface area (Å²) in [5.41, 5.74) is 10.7. The number of hydrogen-bond donors (Lipinski definition) is 1. The van der Waals surface area contributed by atoms with E-state index in [-0.39, 0.29) is 12.2 Å². The average Bonchev–Trinajstić information content (AvgIpc) is 2.80. The lowest BCUT2D eigenvalue weighted by Crippen LogP contribution is -2.38. The predicted octanol–water partition coefficient (Wildman–Crippen LogP) is 5.68. The smallest absolute Gasteiger partial charge is 0.108 e. The van der Waals surface area contributed by atoms with Crippen LogP contribution in [0.15, 0.2) is 84.9 Å². The molecule has 3 aromatic rings. The normalized spacial score (nSPS) is 16.6. The van der Waals surface area contributed by atoms with Crippen molar-refractivity contribution in [2.24, 2.45) is 5.92 Å². The second-order valence-electron chi connectivity index (χ2n) is 8.35. The Morgan fingerprint density at radius 3 is 1.93 bits per heavy atom. The minimum atomic E-state index is -0.0236. The molecule has 1 saturated heterocycles. The number of hydrogen-bond acceptors (Lipinski definition) is 3. The van der Waals surface area contributed by atoms with Gasteiger partial charge in [-0.1, -0.05) is 78.9 Å². The first kappa shape index (κ1) is 20.6. The number of para-hydroxylation sites is 1. The Kier molecular flexibility index (Phi) is 6.83. The van der Waals surface area contributed by atoms with E-state index in [1.54, 1.807) is 0 Å². The van der Waals surface area contributed by atoms with Gasteiger partial charge in [0.15, 0.2) is 0 Å². The highest BCUT2D eigenvalue weighted by Gasteiger charge is 2.27. The molecule has 0 saturated carbocycles. The van der Waals surface area contributed by atoms with E-state index < -0.39 is 0 Å². The van der Waals surface area contributed by atoms with Crippen molar-refractivity contribution in [2.75, 3.05) is 18.8 Å². The maximum Gasteiger partial charge on any atom is 0.108 e. The minimum Gasteiger partial charge on any atom is -0.398 e. The first-order chi connectivity index (χ1) is 14.7. The van der Waals surface area contributed by atoms with Gasteiger partial charge >= 0.3 is 0 Å². The largest absolute Gasteiger partial charge is 0.398 e. The summed E-state index contributed by atoms with van der Waals surface area (Å²) in [6.45, 7) is 5.36. The molecule has 3 aromatic carbocycles. The summed E-state index contributed by atoms with van der Waals surface area (Å²) in [5.74, 6) is 0.573. The van der Waals surface area contributed by atoms with E-state index in [0.717, 1.165) is 38.2 Å². The van der Waals surface area contributed by atoms with Crippen molar-refractivity contribution in [3.63, 3.8) is 0 Å². The lowest BCUT2D eigenvalue weighted by atomic mass is 9.91. The summed E-state index contributed by atoms with van der Waals surface area (Å²) >= 11 is 0. The Labute approximate surface area is 180 Å². The van der Waals surface area contributed by atoms with Crippen LogP contribution in [0.1, 0.15) is 42.6 Å². The molecule has 30 heavy (non-hydrogen) atoms. The molecule has 2 N–H and O–H groups in total. The first-order valence-corrected chi connectivity index (χ1v) is 11.0. The fraction of sp³-hybridized carbons (Fsp3) is 0.333. The standard InChI is InChI=1S/C27H32N2O/c1-21(22-16-18-29(19-17-22)20-25-14-8-9-15-26(25)28)30-27(23-10-4-2-5-11-23)24-12-6-3-7-13-24/h2-15,21-22,27H,16-20,28H2,1H3. The summed E-state index contributed by atoms with van der Waals surface area (Å²) in [6.07, 6.45) is 2.50. The highest BCUT2D eigenvalue weighted by Crippen LogP contribution is 2.32. The molecule has 0 radical (unpaired) electrons. The highest BCUT2D eigenvalue weighted by molar-refractivity contribution is 5.46. The first-order valence-electron chi connectivity index (χ1n) is 11.0. The molecule has 0 spiro atoms. The third kappa shape index (κ3) is 5.10. The number of rotatable bonds is 7. The van der Waals surface area contributed by atoms with Crippen LogP contribution in [0, 0.1) is 5.92 Å². The van der Waals surface area contributed by atoms with Crippen LogP contribution < -0.4 is 5.73 Å². The number of ether oxygens (including phenoxy) is 1. The van der Waals surface area contributed by atoms with Gasteiger partial charge in [0.2, 0.25) is 0 Å². The molecule has 1 aliphatic heterocycles. The van der Waals surface area contributed by atoms with Crippen LogP contribution in [-0.2, 0) is 11.3 Å². The summed E-state index contributed by atoms with van der Waals surface area (Å²) in [7, 11) is 0. The van der Waals surface area contributed by atoms with E-state index in [2.05, 4.69) is 84.6 Å². The zero-order chi connectivity index (χ0) is 20.8. The lowest BCUT2D eigenvalue weighted by Gasteiger charge is -2.36. The van der Waals surface area contributed by atoms with Crippen LogP contribution in [0.2, 0.25) is 0 Å². The van der Waals surface area contributed by atoms with Crippen molar-refractivity contribution < 1.29 is 4.74 Å². The zero-order valence-corrected chi connectivity index (χ0v) is 17.8. The van der Waals surface area contributed by atoms with E-state index in [4.69, 9.17) is 10.5 Å². The topological polar surface area (TPSA) is 38.5 Å². The number of anilines is 1. The number of piperidine rings is 1. The lowest BCUT2D eigenvalue weighted by molar-refractivity contribution is -0.0321. The van der Waals surface area contributed by atoms with Crippen molar-refractivity contribution in [1.82, 2.24) is 4.90 Å². The summed E-state index contributed by atoms with van der Waals surface area (Å²) in [4.78, 5) is 2.51. The Morgan fingerprint density at radius 1 is 0.833 bits per heavy atom. The van der Waals surface area contributed by atoms with Crippen molar-refractivity contribution in [3.8, 4) is 0 Å². The molecule has 156 valence electrons. The Hall–Kier alpha value is -2.62. The summed E-state index contributed by atoms with van der Waals surface area (Å²) in [5, 5.41) is 0. The van der Waals surface area contributed by atoms with Gasteiger partial charge in [-0.25, -0.2) is 0 Å². The Balaban J connectivity index is 1.38. The maximum atomic E-state index is 6.70. The molecule has 0 aromatic heterocycles. The Morgan fingerprint density at radius 2 is 1.37 bits per heavy atom. The van der Waals surface area contributed by atoms with E-state index in [1.807, 2.05) is 12.1 Å². The molecule has 4 rings (SSSR count). The van der Waals surface area contributed by atoms with Crippen LogP contribution in [-0.4, -0.2) is 24.1 Å². The molecule has 0 bridgehead atoms. The molecular formula is C27H32N2O. The van der Waals surface area contributed by atoms with Crippen molar-refractivity contribution >= 4 is 5.69 Å². The van der Waals surface area contributed by atoms with E-state index in [9.17, 15) is 0 Å². The van der Waals surface area contributed by atoms with Crippen molar-refractivity contribution in [1.29, 1.82) is 0 Å². The maximum absolute atomic E-state index is 6.70. The van der Waals surface area contributed by atoms with Crippen LogP contribution >= 0.6 is 0 Å². The van der Waals surface area contributed by atoms with Gasteiger partial charge in [-0.2, -0.15) is 0 Å². The van der Waals surface area contributed by atoms with Crippen molar-refractivity contribution in [3.05, 3.63) is 102 Å². The van der Waals surface area contributed by atoms with Gasteiger partial charge in [0.25, 0.3) is 0 Å². The van der Waals surface area contributed by atoms with E-state index >= 15 is 0 Å². The van der Waals surface area contributed by atoms with Gasteiger partial charge in [0.05, 0.1) is 6.10 Å². The molecule has 0 amide bonds. The van der Waals surface area contributed by atoms with Gasteiger partial charge in [0, 0.05) is 12.2 Å². The highest BCUT2D eigenvalue weighted by atomic mass is 16.5. The molecule has 0 aliphatic carbocycles. The van der Waals surface area contributed by atoms with Crippen LogP contribution in [0.4, 0.5) is 5.69 Å². The molecular weight excluding hydrogens is 368 g/mol. The second kappa shape index (κ2) is 9.92.